The molecule has 3 aromatic carbocycles. The lowest BCUT2D eigenvalue weighted by molar-refractivity contribution is -0.144. The number of carboxylic acids is 1. The second kappa shape index (κ2) is 14.1. The zero-order valence-electron chi connectivity index (χ0n) is 22.8. The highest BCUT2D eigenvalue weighted by Crippen LogP contribution is 2.25. The topological polar surface area (TPSA) is 82.5 Å². The smallest absolute Gasteiger partial charge is 0.323 e. The Labute approximate surface area is 244 Å². The molecule has 4 rings (SSSR count). The molecule has 1 amide bonds. The molecular weight excluding hydrogens is 542 g/mol. The van der Waals surface area contributed by atoms with E-state index in [1.165, 1.54) is 27.4 Å². The van der Waals surface area contributed by atoms with Crippen molar-refractivity contribution in [2.24, 2.45) is 5.92 Å². The van der Waals surface area contributed by atoms with Crippen molar-refractivity contribution in [1.82, 2.24) is 9.88 Å². The van der Waals surface area contributed by atoms with E-state index in [4.69, 9.17) is 11.6 Å². The minimum atomic E-state index is -1.06. The van der Waals surface area contributed by atoms with Crippen LogP contribution in [0.15, 0.2) is 78.2 Å². The van der Waals surface area contributed by atoms with Crippen LogP contribution in [-0.2, 0) is 35.4 Å². The first-order valence-electron chi connectivity index (χ1n) is 13.4. The monoisotopic (exact) mass is 575 g/mol. The van der Waals surface area contributed by atoms with Gasteiger partial charge in [0.15, 0.2) is 0 Å². The summed E-state index contributed by atoms with van der Waals surface area (Å²) >= 11 is 7.34. The van der Waals surface area contributed by atoms with Gasteiger partial charge in [-0.25, -0.2) is 4.98 Å². The van der Waals surface area contributed by atoms with Crippen LogP contribution in [0.3, 0.4) is 0 Å². The molecule has 1 heterocycles. The molecule has 0 spiro atoms. The Morgan fingerprint density at radius 1 is 0.950 bits per heavy atom. The standard InChI is InChI=1S/C32H34ClN3O3S/c1-22(2)17-24-5-3-23(4-6-24)15-16-34-28-13-9-26(10-14-28)29-21-40-30(35-29)19-36(20-32(38)39)31(37)18-25-7-11-27(33)12-8-25/h3-14,21-22,34H,15-20H2,1-2H3,(H,38,39). The van der Waals surface area contributed by atoms with Gasteiger partial charge in [0.1, 0.15) is 11.6 Å². The third kappa shape index (κ3) is 8.93. The Morgan fingerprint density at radius 3 is 2.25 bits per heavy atom. The van der Waals surface area contributed by atoms with Crippen molar-refractivity contribution in [2.75, 3.05) is 18.4 Å². The predicted molar refractivity (Wildman–Crippen MR) is 163 cm³/mol. The maximum atomic E-state index is 12.9. The number of rotatable bonds is 13. The molecule has 0 aliphatic rings. The van der Waals surface area contributed by atoms with Crippen molar-refractivity contribution in [3.05, 3.63) is 105 Å². The second-order valence-electron chi connectivity index (χ2n) is 10.2. The third-order valence-corrected chi connectivity index (χ3v) is 7.50. The molecular formula is C32H34ClN3O3S. The van der Waals surface area contributed by atoms with Crippen LogP contribution < -0.4 is 5.32 Å². The van der Waals surface area contributed by atoms with Gasteiger partial charge in [0, 0.05) is 28.2 Å². The summed E-state index contributed by atoms with van der Waals surface area (Å²) in [5.74, 6) is -0.677. The maximum absolute atomic E-state index is 12.9. The molecule has 0 fully saturated rings. The van der Waals surface area contributed by atoms with Gasteiger partial charge < -0.3 is 15.3 Å². The first-order chi connectivity index (χ1) is 19.2. The lowest BCUT2D eigenvalue weighted by atomic mass is 10.0. The van der Waals surface area contributed by atoms with Crippen LogP contribution in [0.2, 0.25) is 5.02 Å². The molecule has 6 nitrogen and oxygen atoms in total. The average molecular weight is 576 g/mol. The summed E-state index contributed by atoms with van der Waals surface area (Å²) in [7, 11) is 0. The molecule has 2 N–H and O–H groups in total. The van der Waals surface area contributed by atoms with E-state index >= 15 is 0 Å². The molecule has 40 heavy (non-hydrogen) atoms. The largest absolute Gasteiger partial charge is 0.480 e. The number of carbonyl (C=O) groups excluding carboxylic acids is 1. The molecule has 0 radical (unpaired) electrons. The van der Waals surface area contributed by atoms with Gasteiger partial charge >= 0.3 is 5.97 Å². The zero-order chi connectivity index (χ0) is 28.5. The molecule has 0 bridgehead atoms. The number of halogens is 1. The van der Waals surface area contributed by atoms with Gasteiger partial charge in [-0.05, 0) is 59.7 Å². The number of benzene rings is 3. The third-order valence-electron chi connectivity index (χ3n) is 6.42. The maximum Gasteiger partial charge on any atom is 0.323 e. The van der Waals surface area contributed by atoms with E-state index in [0.29, 0.717) is 15.9 Å². The molecule has 0 unspecified atom stereocenters. The summed E-state index contributed by atoms with van der Waals surface area (Å²) in [6, 6.07) is 23.9. The fourth-order valence-electron chi connectivity index (χ4n) is 4.39. The molecule has 1 aromatic heterocycles. The van der Waals surface area contributed by atoms with Crippen LogP contribution in [-0.4, -0.2) is 40.0 Å². The molecule has 0 aliphatic heterocycles. The molecule has 4 aromatic rings. The van der Waals surface area contributed by atoms with E-state index in [1.54, 1.807) is 24.3 Å². The molecule has 0 saturated carbocycles. The lowest BCUT2D eigenvalue weighted by Gasteiger charge is -2.19. The van der Waals surface area contributed by atoms with Gasteiger partial charge in [-0.3, -0.25) is 9.59 Å². The van der Waals surface area contributed by atoms with E-state index in [1.807, 2.05) is 29.6 Å². The molecule has 208 valence electrons. The Balaban J connectivity index is 1.31. The van der Waals surface area contributed by atoms with Crippen molar-refractivity contribution in [1.29, 1.82) is 0 Å². The van der Waals surface area contributed by atoms with Crippen molar-refractivity contribution >= 4 is 40.5 Å². The first kappa shape index (κ1) is 29.3. The van der Waals surface area contributed by atoms with Crippen molar-refractivity contribution in [3.8, 4) is 11.3 Å². The molecule has 0 saturated heterocycles. The number of carbonyl (C=O) groups is 2. The van der Waals surface area contributed by atoms with Gasteiger partial charge in [0.2, 0.25) is 5.91 Å². The minimum absolute atomic E-state index is 0.0978. The number of carboxylic acid groups (broad SMARTS) is 1. The SMILES string of the molecule is CC(C)Cc1ccc(CCNc2ccc(-c3csc(CN(CC(=O)O)C(=O)Cc4ccc(Cl)cc4)n3)cc2)cc1. The second-order valence-corrected chi connectivity index (χ2v) is 11.6. The summed E-state index contributed by atoms with van der Waals surface area (Å²) in [6.07, 6.45) is 2.15. The van der Waals surface area contributed by atoms with Crippen LogP contribution >= 0.6 is 22.9 Å². The highest BCUT2D eigenvalue weighted by molar-refractivity contribution is 7.09. The highest BCUT2D eigenvalue weighted by atomic mass is 35.5. The zero-order valence-corrected chi connectivity index (χ0v) is 24.3. The average Bonchev–Trinajstić information content (AvgIpc) is 3.39. The number of hydrogen-bond acceptors (Lipinski definition) is 5. The Kier molecular flexibility index (Phi) is 10.3. The number of nitrogens with zero attached hydrogens (tertiary/aromatic N) is 2. The quantitative estimate of drug-likeness (QED) is 0.180. The fraction of sp³-hybridized carbons (Fsp3) is 0.281. The molecule has 0 atom stereocenters. The number of amides is 1. The van der Waals surface area contributed by atoms with E-state index in [-0.39, 0.29) is 25.4 Å². The summed E-state index contributed by atoms with van der Waals surface area (Å²) in [6.45, 7) is 5.07. The van der Waals surface area contributed by atoms with Crippen LogP contribution in [0, 0.1) is 5.92 Å². The van der Waals surface area contributed by atoms with Crippen molar-refractivity contribution in [2.45, 2.75) is 39.7 Å². The Hall–Kier alpha value is -3.68. The Bertz CT molecular complexity index is 1400. The van der Waals surface area contributed by atoms with Gasteiger partial charge in [-0.15, -0.1) is 11.3 Å². The van der Waals surface area contributed by atoms with Gasteiger partial charge in [0.05, 0.1) is 18.7 Å². The predicted octanol–water partition coefficient (Wildman–Crippen LogP) is 6.97. The molecule has 8 heteroatoms. The van der Waals surface area contributed by atoms with E-state index in [2.05, 4.69) is 48.4 Å². The summed E-state index contributed by atoms with van der Waals surface area (Å²) < 4.78 is 0. The minimum Gasteiger partial charge on any atom is -0.480 e. The van der Waals surface area contributed by atoms with Crippen LogP contribution in [0.5, 0.6) is 0 Å². The number of hydrogen-bond donors (Lipinski definition) is 2. The van der Waals surface area contributed by atoms with Crippen molar-refractivity contribution < 1.29 is 14.7 Å². The van der Waals surface area contributed by atoms with Crippen molar-refractivity contribution in [3.63, 3.8) is 0 Å². The first-order valence-corrected chi connectivity index (χ1v) is 14.6. The molecule has 0 aliphatic carbocycles. The summed E-state index contributed by atoms with van der Waals surface area (Å²) in [5.41, 5.74) is 6.27. The lowest BCUT2D eigenvalue weighted by Crippen LogP contribution is -2.36. The van der Waals surface area contributed by atoms with Crippen LogP contribution in [0.4, 0.5) is 5.69 Å². The normalized spacial score (nSPS) is 11.0. The Morgan fingerprint density at radius 2 is 1.60 bits per heavy atom. The summed E-state index contributed by atoms with van der Waals surface area (Å²) in [5, 5.41) is 16.0. The van der Waals surface area contributed by atoms with Gasteiger partial charge in [0.25, 0.3) is 0 Å². The number of nitrogens with one attached hydrogen (secondary N) is 1. The van der Waals surface area contributed by atoms with Gasteiger partial charge in [-0.1, -0.05) is 74.0 Å². The number of thiazole rings is 1. The van der Waals surface area contributed by atoms with Gasteiger partial charge in [-0.2, -0.15) is 0 Å². The number of aliphatic carboxylic acids is 1. The summed E-state index contributed by atoms with van der Waals surface area (Å²) in [4.78, 5) is 30.3. The highest BCUT2D eigenvalue weighted by Gasteiger charge is 2.19. The number of aromatic nitrogens is 1. The van der Waals surface area contributed by atoms with Crippen LogP contribution in [0.25, 0.3) is 11.3 Å². The fourth-order valence-corrected chi connectivity index (χ4v) is 5.33. The van der Waals surface area contributed by atoms with E-state index in [9.17, 15) is 14.7 Å². The number of anilines is 1. The van der Waals surface area contributed by atoms with Crippen LogP contribution in [0.1, 0.15) is 35.5 Å². The van der Waals surface area contributed by atoms with E-state index < -0.39 is 5.97 Å². The van der Waals surface area contributed by atoms with E-state index in [0.717, 1.165) is 41.9 Å².